The first kappa shape index (κ1) is 24.6. The molecule has 8 nitrogen and oxygen atoms in total. The van der Waals surface area contributed by atoms with Gasteiger partial charge in [-0.05, 0) is 57.6 Å². The van der Waals surface area contributed by atoms with Gasteiger partial charge in [-0.25, -0.2) is 4.98 Å². The van der Waals surface area contributed by atoms with Crippen LogP contribution in [0.2, 0.25) is 0 Å². The van der Waals surface area contributed by atoms with Crippen molar-refractivity contribution in [2.45, 2.75) is 96.2 Å². The SMILES string of the molecule is CCCC(CC)N1CCC[C@H](Nc2nccc(N3CCCCCC3)n2)[C@H]1CCN=C(N)N. The summed E-state index contributed by atoms with van der Waals surface area (Å²) in [5.74, 6) is 1.96. The highest BCUT2D eigenvalue weighted by atomic mass is 15.3. The maximum atomic E-state index is 5.61. The van der Waals surface area contributed by atoms with Gasteiger partial charge in [-0.2, -0.15) is 4.98 Å². The van der Waals surface area contributed by atoms with Gasteiger partial charge in [0.1, 0.15) is 5.82 Å². The van der Waals surface area contributed by atoms with Crippen molar-refractivity contribution in [3.63, 3.8) is 0 Å². The third-order valence-corrected chi connectivity index (χ3v) is 6.99. The molecular formula is C24H44N8. The molecule has 0 aliphatic carbocycles. The van der Waals surface area contributed by atoms with E-state index < -0.39 is 0 Å². The van der Waals surface area contributed by atoms with Crippen molar-refractivity contribution >= 4 is 17.7 Å². The monoisotopic (exact) mass is 444 g/mol. The van der Waals surface area contributed by atoms with E-state index in [0.717, 1.165) is 44.2 Å². The average molecular weight is 445 g/mol. The Balaban J connectivity index is 1.75. The molecule has 2 aliphatic rings. The molecule has 0 saturated carbocycles. The summed E-state index contributed by atoms with van der Waals surface area (Å²) in [5, 5.41) is 3.71. The van der Waals surface area contributed by atoms with Crippen LogP contribution in [-0.2, 0) is 0 Å². The number of nitrogens with two attached hydrogens (primary N) is 2. The number of hydrogen-bond acceptors (Lipinski definition) is 6. The second-order valence-corrected chi connectivity index (χ2v) is 9.28. The van der Waals surface area contributed by atoms with Crippen LogP contribution in [0.5, 0.6) is 0 Å². The van der Waals surface area contributed by atoms with E-state index >= 15 is 0 Å². The Labute approximate surface area is 194 Å². The lowest BCUT2D eigenvalue weighted by atomic mass is 9.90. The van der Waals surface area contributed by atoms with Gasteiger partial charge in [-0.3, -0.25) is 9.89 Å². The zero-order valence-electron chi connectivity index (χ0n) is 20.2. The van der Waals surface area contributed by atoms with Crippen LogP contribution in [0.3, 0.4) is 0 Å². The van der Waals surface area contributed by atoms with E-state index in [9.17, 15) is 0 Å². The molecule has 0 bridgehead atoms. The molecule has 5 N–H and O–H groups in total. The second-order valence-electron chi connectivity index (χ2n) is 9.28. The van der Waals surface area contributed by atoms with E-state index in [4.69, 9.17) is 16.5 Å². The number of likely N-dealkylation sites (tertiary alicyclic amines) is 1. The van der Waals surface area contributed by atoms with Gasteiger partial charge in [0, 0.05) is 44.0 Å². The fourth-order valence-corrected chi connectivity index (χ4v) is 5.40. The minimum absolute atomic E-state index is 0.172. The Morgan fingerprint density at radius 2 is 1.94 bits per heavy atom. The zero-order chi connectivity index (χ0) is 22.8. The molecule has 180 valence electrons. The molecule has 3 rings (SSSR count). The summed E-state index contributed by atoms with van der Waals surface area (Å²) < 4.78 is 0. The largest absolute Gasteiger partial charge is 0.370 e. The fraction of sp³-hybridized carbons (Fsp3) is 0.792. The predicted molar refractivity (Wildman–Crippen MR) is 134 cm³/mol. The Hall–Kier alpha value is -2.09. The molecule has 0 amide bonds. The minimum Gasteiger partial charge on any atom is -0.370 e. The smallest absolute Gasteiger partial charge is 0.224 e. The third kappa shape index (κ3) is 6.95. The maximum absolute atomic E-state index is 5.61. The molecule has 2 aliphatic heterocycles. The van der Waals surface area contributed by atoms with Crippen LogP contribution in [0.1, 0.15) is 78.1 Å². The number of aromatic nitrogens is 2. The van der Waals surface area contributed by atoms with Crippen molar-refractivity contribution in [2.75, 3.05) is 36.4 Å². The van der Waals surface area contributed by atoms with Gasteiger partial charge in [0.25, 0.3) is 0 Å². The van der Waals surface area contributed by atoms with Gasteiger partial charge in [-0.1, -0.05) is 33.1 Å². The molecule has 8 heteroatoms. The van der Waals surface area contributed by atoms with Crippen LogP contribution in [0.15, 0.2) is 17.3 Å². The van der Waals surface area contributed by atoms with E-state index in [2.05, 4.69) is 38.9 Å². The Morgan fingerprint density at radius 3 is 2.62 bits per heavy atom. The first-order valence-corrected chi connectivity index (χ1v) is 12.8. The first-order valence-electron chi connectivity index (χ1n) is 12.8. The topological polar surface area (TPSA) is 109 Å². The number of nitrogens with zero attached hydrogens (tertiary/aromatic N) is 5. The molecule has 3 heterocycles. The number of piperidine rings is 1. The summed E-state index contributed by atoms with van der Waals surface area (Å²) in [4.78, 5) is 18.9. The van der Waals surface area contributed by atoms with E-state index in [1.165, 1.54) is 51.4 Å². The zero-order valence-corrected chi connectivity index (χ0v) is 20.2. The summed E-state index contributed by atoms with van der Waals surface area (Å²) in [7, 11) is 0. The van der Waals surface area contributed by atoms with E-state index in [0.29, 0.717) is 24.7 Å². The van der Waals surface area contributed by atoms with Crippen molar-refractivity contribution in [1.82, 2.24) is 14.9 Å². The lowest BCUT2D eigenvalue weighted by Gasteiger charge is -2.45. The first-order chi connectivity index (χ1) is 15.6. The minimum atomic E-state index is 0.172. The molecular weight excluding hydrogens is 400 g/mol. The van der Waals surface area contributed by atoms with Crippen molar-refractivity contribution in [2.24, 2.45) is 16.5 Å². The Kier molecular flexibility index (Phi) is 9.84. The number of rotatable bonds is 10. The van der Waals surface area contributed by atoms with Crippen LogP contribution in [0, 0.1) is 0 Å². The molecule has 0 radical (unpaired) electrons. The van der Waals surface area contributed by atoms with Gasteiger partial charge in [0.2, 0.25) is 5.95 Å². The third-order valence-electron chi connectivity index (χ3n) is 6.99. The molecule has 2 fully saturated rings. The maximum Gasteiger partial charge on any atom is 0.224 e. The van der Waals surface area contributed by atoms with Crippen LogP contribution >= 0.6 is 0 Å². The van der Waals surface area contributed by atoms with Gasteiger partial charge in [0.15, 0.2) is 5.96 Å². The standard InChI is InChI=1S/C24H44N8/c1-3-10-19(4-2)32-18-9-11-20(21(32)12-14-27-23(25)26)29-24-28-15-13-22(30-24)31-16-7-5-6-8-17-31/h13,15,19-21H,3-12,14,16-18H2,1-2H3,(H4,25,26,27)(H,28,29,30)/t19?,20-,21+/m0/s1. The van der Waals surface area contributed by atoms with Crippen molar-refractivity contribution in [1.29, 1.82) is 0 Å². The molecule has 0 spiro atoms. The average Bonchev–Trinajstić information content (AvgIpc) is 3.08. The number of hydrogen-bond donors (Lipinski definition) is 3. The summed E-state index contributed by atoms with van der Waals surface area (Å²) in [6, 6.07) is 3.31. The van der Waals surface area contributed by atoms with Crippen molar-refractivity contribution in [3.8, 4) is 0 Å². The highest BCUT2D eigenvalue weighted by Gasteiger charge is 2.34. The lowest BCUT2D eigenvalue weighted by molar-refractivity contribution is 0.0731. The van der Waals surface area contributed by atoms with Gasteiger partial charge >= 0.3 is 0 Å². The van der Waals surface area contributed by atoms with Gasteiger partial charge in [0.05, 0.1) is 0 Å². The predicted octanol–water partition coefficient (Wildman–Crippen LogP) is 3.34. The van der Waals surface area contributed by atoms with E-state index in [-0.39, 0.29) is 5.96 Å². The summed E-state index contributed by atoms with van der Waals surface area (Å²) in [6.45, 7) is 8.54. The number of aliphatic imine (C=N–C) groups is 1. The number of nitrogens with one attached hydrogen (secondary N) is 1. The normalized spacial score (nSPS) is 23.4. The molecule has 1 aromatic heterocycles. The van der Waals surface area contributed by atoms with Crippen LogP contribution in [0.4, 0.5) is 11.8 Å². The highest BCUT2D eigenvalue weighted by molar-refractivity contribution is 5.75. The van der Waals surface area contributed by atoms with Crippen LogP contribution in [-0.4, -0.2) is 65.1 Å². The fourth-order valence-electron chi connectivity index (χ4n) is 5.40. The van der Waals surface area contributed by atoms with Gasteiger partial charge in [-0.15, -0.1) is 0 Å². The number of guanidine groups is 1. The second kappa shape index (κ2) is 12.8. The summed E-state index contributed by atoms with van der Waals surface area (Å²) >= 11 is 0. The van der Waals surface area contributed by atoms with Gasteiger partial charge < -0.3 is 21.7 Å². The molecule has 2 saturated heterocycles. The lowest BCUT2D eigenvalue weighted by Crippen LogP contribution is -2.55. The van der Waals surface area contributed by atoms with Crippen LogP contribution < -0.4 is 21.7 Å². The number of anilines is 2. The molecule has 3 atom stereocenters. The Morgan fingerprint density at radius 1 is 1.16 bits per heavy atom. The van der Waals surface area contributed by atoms with E-state index in [1.807, 2.05) is 12.3 Å². The summed E-state index contributed by atoms with van der Waals surface area (Å²) in [6.07, 6.45) is 13.8. The van der Waals surface area contributed by atoms with Crippen molar-refractivity contribution < 1.29 is 0 Å². The quantitative estimate of drug-likeness (QED) is 0.375. The molecule has 0 aromatic carbocycles. The molecule has 1 aromatic rings. The Bertz CT molecular complexity index is 697. The molecule has 1 unspecified atom stereocenters. The molecule has 32 heavy (non-hydrogen) atoms. The van der Waals surface area contributed by atoms with E-state index in [1.54, 1.807) is 0 Å². The summed E-state index contributed by atoms with van der Waals surface area (Å²) in [5.41, 5.74) is 11.2. The highest BCUT2D eigenvalue weighted by Crippen LogP contribution is 2.28. The van der Waals surface area contributed by atoms with Crippen LogP contribution in [0.25, 0.3) is 0 Å². The van der Waals surface area contributed by atoms with Crippen molar-refractivity contribution in [3.05, 3.63) is 12.3 Å².